The molecule has 26 heavy (non-hydrogen) atoms. The van der Waals surface area contributed by atoms with Gasteiger partial charge in [-0.1, -0.05) is 19.4 Å². The molecule has 2 aliphatic rings. The van der Waals surface area contributed by atoms with Crippen LogP contribution in [0.4, 0.5) is 0 Å². The van der Waals surface area contributed by atoms with E-state index >= 15 is 0 Å². The monoisotopic (exact) mass is 372 g/mol. The Kier molecular flexibility index (Phi) is 5.28. The van der Waals surface area contributed by atoms with Gasteiger partial charge in [-0.2, -0.15) is 0 Å². The molecular formula is C21H28N2O2S. The maximum atomic E-state index is 10.1. The van der Waals surface area contributed by atoms with Crippen molar-refractivity contribution in [3.05, 3.63) is 29.4 Å². The molecule has 0 amide bonds. The zero-order valence-corrected chi connectivity index (χ0v) is 16.3. The number of hydrogen-bond acceptors (Lipinski definition) is 5. The van der Waals surface area contributed by atoms with Crippen molar-refractivity contribution in [3.8, 4) is 5.88 Å². The Morgan fingerprint density at radius 3 is 2.85 bits per heavy atom. The number of ether oxygens (including phenoxy) is 1. The van der Waals surface area contributed by atoms with Crippen LogP contribution in [0.3, 0.4) is 0 Å². The third kappa shape index (κ3) is 3.39. The first-order chi connectivity index (χ1) is 12.7. The van der Waals surface area contributed by atoms with Gasteiger partial charge >= 0.3 is 0 Å². The Morgan fingerprint density at radius 2 is 2.12 bits per heavy atom. The molecule has 1 N–H and O–H groups in total. The van der Waals surface area contributed by atoms with Crippen molar-refractivity contribution in [2.75, 3.05) is 0 Å². The second kappa shape index (κ2) is 7.65. The van der Waals surface area contributed by atoms with Crippen LogP contribution in [0, 0.1) is 5.92 Å². The summed E-state index contributed by atoms with van der Waals surface area (Å²) in [5, 5.41) is 11.2. The largest absolute Gasteiger partial charge is 0.474 e. The van der Waals surface area contributed by atoms with Gasteiger partial charge in [0.1, 0.15) is 17.3 Å². The average Bonchev–Trinajstić information content (AvgIpc) is 3.22. The molecule has 0 aromatic carbocycles. The molecule has 4 rings (SSSR count). The van der Waals surface area contributed by atoms with E-state index in [4.69, 9.17) is 4.74 Å². The van der Waals surface area contributed by atoms with Crippen LogP contribution < -0.4 is 4.74 Å². The Bertz CT molecular complexity index is 780. The zero-order valence-electron chi connectivity index (χ0n) is 15.5. The third-order valence-corrected chi connectivity index (χ3v) is 7.32. The lowest BCUT2D eigenvalue weighted by atomic mass is 9.86. The molecule has 4 nitrogen and oxygen atoms in total. The molecule has 0 bridgehead atoms. The Labute approximate surface area is 159 Å². The number of thiophene rings is 1. The maximum absolute atomic E-state index is 10.1. The van der Waals surface area contributed by atoms with Gasteiger partial charge in [0.2, 0.25) is 5.88 Å². The van der Waals surface area contributed by atoms with E-state index in [9.17, 15) is 5.11 Å². The van der Waals surface area contributed by atoms with Crippen molar-refractivity contribution < 1.29 is 9.84 Å². The second-order valence-corrected chi connectivity index (χ2v) is 8.82. The van der Waals surface area contributed by atoms with Crippen LogP contribution in [0.25, 0.3) is 10.2 Å². The molecule has 2 aliphatic carbocycles. The fourth-order valence-electron chi connectivity index (χ4n) is 4.57. The summed E-state index contributed by atoms with van der Waals surface area (Å²) >= 11 is 1.77. The minimum Gasteiger partial charge on any atom is -0.474 e. The summed E-state index contributed by atoms with van der Waals surface area (Å²) in [5.74, 6) is 1.96. The molecule has 0 aliphatic heterocycles. The van der Waals surface area contributed by atoms with Crippen LogP contribution in [0.2, 0.25) is 0 Å². The summed E-state index contributed by atoms with van der Waals surface area (Å²) in [4.78, 5) is 11.4. The van der Waals surface area contributed by atoms with Crippen LogP contribution in [-0.2, 0) is 6.42 Å². The lowest BCUT2D eigenvalue weighted by Gasteiger charge is -2.28. The van der Waals surface area contributed by atoms with E-state index in [-0.39, 0.29) is 6.10 Å². The molecule has 5 heteroatoms. The van der Waals surface area contributed by atoms with Gasteiger partial charge in [-0.3, -0.25) is 0 Å². The lowest BCUT2D eigenvalue weighted by molar-refractivity contribution is 0.126. The van der Waals surface area contributed by atoms with Gasteiger partial charge in [0.25, 0.3) is 0 Å². The lowest BCUT2D eigenvalue weighted by Crippen LogP contribution is -2.24. The number of rotatable bonds is 6. The van der Waals surface area contributed by atoms with Crippen molar-refractivity contribution in [1.82, 2.24) is 9.97 Å². The minimum absolute atomic E-state index is 0.269. The van der Waals surface area contributed by atoms with Gasteiger partial charge in [0.15, 0.2) is 0 Å². The van der Waals surface area contributed by atoms with Gasteiger partial charge in [-0.05, 0) is 62.3 Å². The number of fused-ring (bicyclic) bond motifs is 3. The van der Waals surface area contributed by atoms with Crippen molar-refractivity contribution in [2.45, 2.75) is 76.4 Å². The third-order valence-electron chi connectivity index (χ3n) is 6.14. The number of hydrogen-bond donors (Lipinski definition) is 1. The number of aryl methyl sites for hydroxylation is 1. The molecule has 2 aromatic rings. The van der Waals surface area contributed by atoms with Gasteiger partial charge in [0, 0.05) is 4.88 Å². The summed E-state index contributed by atoms with van der Waals surface area (Å²) < 4.78 is 6.40. The first kappa shape index (κ1) is 17.9. The number of aliphatic hydroxyl groups excluding tert-OH is 1. The Hall–Kier alpha value is -1.46. The molecule has 0 spiro atoms. The second-order valence-electron chi connectivity index (χ2n) is 7.74. The average molecular weight is 373 g/mol. The van der Waals surface area contributed by atoms with Crippen molar-refractivity contribution in [3.63, 3.8) is 0 Å². The molecule has 1 fully saturated rings. The van der Waals surface area contributed by atoms with Crippen molar-refractivity contribution in [2.24, 2.45) is 5.92 Å². The fraction of sp³-hybridized carbons (Fsp3) is 0.619. The molecule has 0 saturated heterocycles. The summed E-state index contributed by atoms with van der Waals surface area (Å²) in [6.45, 7) is 6.00. The highest BCUT2D eigenvalue weighted by Crippen LogP contribution is 2.47. The fourth-order valence-corrected chi connectivity index (χ4v) is 5.80. The molecule has 2 aromatic heterocycles. The quantitative estimate of drug-likeness (QED) is 0.725. The van der Waals surface area contributed by atoms with E-state index in [0.717, 1.165) is 54.1 Å². The van der Waals surface area contributed by atoms with Crippen LogP contribution in [0.15, 0.2) is 19.0 Å². The summed E-state index contributed by atoms with van der Waals surface area (Å²) in [7, 11) is 0. The Morgan fingerprint density at radius 1 is 1.31 bits per heavy atom. The number of aromatic nitrogens is 2. The van der Waals surface area contributed by atoms with Gasteiger partial charge in [-0.15, -0.1) is 17.9 Å². The molecule has 1 saturated carbocycles. The zero-order chi connectivity index (χ0) is 18.1. The van der Waals surface area contributed by atoms with Crippen LogP contribution in [0.5, 0.6) is 5.88 Å². The first-order valence-corrected chi connectivity index (χ1v) is 10.7. The smallest absolute Gasteiger partial charge is 0.225 e. The molecule has 0 unspecified atom stereocenters. The first-order valence-electron chi connectivity index (χ1n) is 9.93. The SMILES string of the molecule is C=C[C@H](O)C[C@H]1CCc2sc3ncnc(OC4CCC(CC)CC4)c3c21. The number of aliphatic hydroxyl groups is 1. The molecule has 2 heterocycles. The Balaban J connectivity index is 1.61. The predicted octanol–water partition coefficient (Wildman–Crippen LogP) is 5.01. The molecule has 140 valence electrons. The van der Waals surface area contributed by atoms with Gasteiger partial charge in [-0.25, -0.2) is 9.97 Å². The van der Waals surface area contributed by atoms with Gasteiger partial charge in [0.05, 0.1) is 11.5 Å². The summed E-state index contributed by atoms with van der Waals surface area (Å²) in [5.41, 5.74) is 1.32. The molecule has 2 atom stereocenters. The normalized spacial score (nSPS) is 26.6. The standard InChI is InChI=1S/C21H28N2O2S/c1-3-13-5-8-16(9-6-13)25-20-19-18-14(11-15(24)4-2)7-10-17(18)26-21(19)23-12-22-20/h4,12-16,24H,2-3,5-11H2,1H3/t13?,14-,15+,16?/m1/s1. The van der Waals surface area contributed by atoms with E-state index in [1.807, 2.05) is 0 Å². The summed E-state index contributed by atoms with van der Waals surface area (Å²) in [6.07, 6.45) is 12.0. The van der Waals surface area contributed by atoms with Gasteiger partial charge < -0.3 is 9.84 Å². The highest BCUT2D eigenvalue weighted by molar-refractivity contribution is 7.19. The predicted molar refractivity (Wildman–Crippen MR) is 106 cm³/mol. The molecular weight excluding hydrogens is 344 g/mol. The van der Waals surface area contributed by atoms with Crippen molar-refractivity contribution in [1.29, 1.82) is 0 Å². The van der Waals surface area contributed by atoms with E-state index < -0.39 is 6.10 Å². The topological polar surface area (TPSA) is 55.2 Å². The van der Waals surface area contributed by atoms with Crippen molar-refractivity contribution >= 4 is 21.6 Å². The van der Waals surface area contributed by atoms with E-state index in [1.54, 1.807) is 23.7 Å². The highest BCUT2D eigenvalue weighted by Gasteiger charge is 2.32. The minimum atomic E-state index is -0.459. The van der Waals surface area contributed by atoms with E-state index in [2.05, 4.69) is 23.5 Å². The highest BCUT2D eigenvalue weighted by atomic mass is 32.1. The van der Waals surface area contributed by atoms with E-state index in [1.165, 1.54) is 29.7 Å². The van der Waals surface area contributed by atoms with E-state index in [0.29, 0.717) is 5.92 Å². The molecule has 0 radical (unpaired) electrons. The van der Waals surface area contributed by atoms with Crippen LogP contribution in [-0.4, -0.2) is 27.3 Å². The van der Waals surface area contributed by atoms with Crippen LogP contribution >= 0.6 is 11.3 Å². The summed E-state index contributed by atoms with van der Waals surface area (Å²) in [6, 6.07) is 0. The van der Waals surface area contributed by atoms with Crippen LogP contribution in [0.1, 0.15) is 68.2 Å². The maximum Gasteiger partial charge on any atom is 0.225 e. The number of nitrogens with zero attached hydrogens (tertiary/aromatic N) is 2.